The number of methoxy groups -OCH3 is 1. The second kappa shape index (κ2) is 13.8. The molecule has 4 rings (SSSR count). The minimum atomic E-state index is -0.643. The minimum absolute atomic E-state index is 0.0504. The Bertz CT molecular complexity index is 1690. The molecule has 2 aromatic carbocycles. The van der Waals surface area contributed by atoms with Crippen molar-refractivity contribution in [3.05, 3.63) is 70.2 Å². The van der Waals surface area contributed by atoms with Gasteiger partial charge in [0.2, 0.25) is 0 Å². The van der Waals surface area contributed by atoms with Gasteiger partial charge in [0, 0.05) is 16.0 Å². The van der Waals surface area contributed by atoms with Crippen molar-refractivity contribution in [2.45, 2.75) is 59.7 Å². The topological polar surface area (TPSA) is 106 Å². The van der Waals surface area contributed by atoms with Crippen molar-refractivity contribution in [1.82, 2.24) is 9.55 Å². The molecule has 11 heteroatoms. The van der Waals surface area contributed by atoms with Gasteiger partial charge in [0.1, 0.15) is 29.3 Å². The Hall–Kier alpha value is -3.89. The molecular formula is C33H37ClN2O7S. The summed E-state index contributed by atoms with van der Waals surface area (Å²) in [5.74, 6) is -0.888. The van der Waals surface area contributed by atoms with Gasteiger partial charge in [-0.1, -0.05) is 37.6 Å². The summed E-state index contributed by atoms with van der Waals surface area (Å²) >= 11 is 7.39. The van der Waals surface area contributed by atoms with Crippen LogP contribution in [0.1, 0.15) is 48.0 Å². The van der Waals surface area contributed by atoms with Gasteiger partial charge in [0.15, 0.2) is 11.5 Å². The van der Waals surface area contributed by atoms with E-state index in [4.69, 9.17) is 30.5 Å². The van der Waals surface area contributed by atoms with Crippen LogP contribution in [0, 0.1) is 11.8 Å². The molecule has 44 heavy (non-hydrogen) atoms. The minimum Gasteiger partial charge on any atom is -0.493 e. The molecule has 2 atom stereocenters. The SMILES string of the molecule is COc1cc(-n2cnc3cc(-c4ccc(Cl)cc4)sc3c2=O)ccc1OCC(C)OC(=O)[C@@H](CC(=O)OC(C)(C)C)C(C)C. The van der Waals surface area contributed by atoms with E-state index in [0.29, 0.717) is 32.4 Å². The first-order valence-electron chi connectivity index (χ1n) is 14.3. The van der Waals surface area contributed by atoms with Crippen LogP contribution in [-0.2, 0) is 19.1 Å². The number of hydrogen-bond donors (Lipinski definition) is 0. The Morgan fingerprint density at radius 1 is 1.02 bits per heavy atom. The third-order valence-corrected chi connectivity index (χ3v) is 8.11. The molecule has 0 amide bonds. The molecule has 0 N–H and O–H groups in total. The number of carbonyl (C=O) groups excluding carboxylic acids is 2. The number of aromatic nitrogens is 2. The molecule has 1 unspecified atom stereocenters. The van der Waals surface area contributed by atoms with Gasteiger partial charge < -0.3 is 18.9 Å². The van der Waals surface area contributed by atoms with E-state index in [0.717, 1.165) is 10.4 Å². The molecule has 0 radical (unpaired) electrons. The van der Waals surface area contributed by atoms with Crippen molar-refractivity contribution >= 4 is 45.1 Å². The average molecular weight is 641 g/mol. The molecule has 2 heterocycles. The zero-order chi connectivity index (χ0) is 32.2. The normalized spacial score (nSPS) is 13.0. The van der Waals surface area contributed by atoms with E-state index in [1.807, 2.05) is 44.2 Å². The number of fused-ring (bicyclic) bond motifs is 1. The molecule has 0 fully saturated rings. The van der Waals surface area contributed by atoms with Crippen LogP contribution in [0.5, 0.6) is 11.5 Å². The second-order valence-corrected chi connectivity index (χ2v) is 13.3. The monoisotopic (exact) mass is 640 g/mol. The summed E-state index contributed by atoms with van der Waals surface area (Å²) in [5.41, 5.74) is 1.27. The first-order chi connectivity index (χ1) is 20.8. The maximum absolute atomic E-state index is 13.4. The highest BCUT2D eigenvalue weighted by Crippen LogP contribution is 2.33. The maximum atomic E-state index is 13.4. The smallest absolute Gasteiger partial charge is 0.310 e. The predicted molar refractivity (Wildman–Crippen MR) is 172 cm³/mol. The van der Waals surface area contributed by atoms with Crippen molar-refractivity contribution in [1.29, 1.82) is 0 Å². The Morgan fingerprint density at radius 3 is 2.36 bits per heavy atom. The Labute approximate surface area is 265 Å². The van der Waals surface area contributed by atoms with Crippen LogP contribution in [0.15, 0.2) is 59.7 Å². The molecule has 0 spiro atoms. The standard InChI is InChI=1S/C33H37ClN2O7S/c1-19(2)24(15-29(37)43-33(4,5)6)32(39)42-20(3)17-41-26-13-12-23(14-27(26)40-7)36-18-35-25-16-28(44-30(25)31(36)38)21-8-10-22(34)11-9-21/h8-14,16,18-20,24H,15,17H2,1-7H3/t20?,24-/m0/s1. The molecule has 9 nitrogen and oxygen atoms in total. The predicted octanol–water partition coefficient (Wildman–Crippen LogP) is 7.09. The highest BCUT2D eigenvalue weighted by atomic mass is 35.5. The van der Waals surface area contributed by atoms with E-state index in [1.165, 1.54) is 29.3 Å². The molecule has 0 aliphatic heterocycles. The quantitative estimate of drug-likeness (QED) is 0.160. The summed E-state index contributed by atoms with van der Waals surface area (Å²) in [6, 6.07) is 14.4. The average Bonchev–Trinajstić information content (AvgIpc) is 3.39. The molecule has 0 aliphatic rings. The number of hydrogen-bond acceptors (Lipinski definition) is 9. The van der Waals surface area contributed by atoms with Gasteiger partial charge in [0.25, 0.3) is 5.56 Å². The fraction of sp³-hybridized carbons (Fsp3) is 0.394. The van der Waals surface area contributed by atoms with Crippen LogP contribution in [-0.4, -0.2) is 46.9 Å². The van der Waals surface area contributed by atoms with Crippen molar-refractivity contribution in [2.75, 3.05) is 13.7 Å². The van der Waals surface area contributed by atoms with Gasteiger partial charge in [0.05, 0.1) is 30.7 Å². The molecule has 0 saturated carbocycles. The van der Waals surface area contributed by atoms with Crippen molar-refractivity contribution in [3.63, 3.8) is 0 Å². The molecule has 4 aromatic rings. The second-order valence-electron chi connectivity index (χ2n) is 11.8. The van der Waals surface area contributed by atoms with E-state index >= 15 is 0 Å². The lowest BCUT2D eigenvalue weighted by Crippen LogP contribution is -2.33. The number of esters is 2. The van der Waals surface area contributed by atoms with Crippen LogP contribution in [0.25, 0.3) is 26.3 Å². The zero-order valence-electron chi connectivity index (χ0n) is 25.9. The van der Waals surface area contributed by atoms with Crippen LogP contribution in [0.3, 0.4) is 0 Å². The summed E-state index contributed by atoms with van der Waals surface area (Å²) < 4.78 is 24.5. The number of benzene rings is 2. The fourth-order valence-electron chi connectivity index (χ4n) is 4.46. The number of halogens is 1. The van der Waals surface area contributed by atoms with Crippen molar-refractivity contribution in [3.8, 4) is 27.6 Å². The summed E-state index contributed by atoms with van der Waals surface area (Å²) in [6.45, 7) is 10.8. The first kappa shape index (κ1) is 33.0. The lowest BCUT2D eigenvalue weighted by molar-refractivity contribution is -0.165. The van der Waals surface area contributed by atoms with Gasteiger partial charge in [-0.15, -0.1) is 11.3 Å². The number of thiophene rings is 1. The van der Waals surface area contributed by atoms with Crippen LogP contribution in [0.2, 0.25) is 5.02 Å². The van der Waals surface area contributed by atoms with E-state index in [2.05, 4.69) is 4.98 Å². The summed E-state index contributed by atoms with van der Waals surface area (Å²) in [5, 5.41) is 0.641. The molecule has 0 aliphatic carbocycles. The van der Waals surface area contributed by atoms with Gasteiger partial charge in [-0.05, 0) is 69.5 Å². The third kappa shape index (κ3) is 8.18. The molecule has 2 aromatic heterocycles. The van der Waals surface area contributed by atoms with Gasteiger partial charge >= 0.3 is 11.9 Å². The zero-order valence-corrected chi connectivity index (χ0v) is 27.5. The fourth-order valence-corrected chi connectivity index (χ4v) is 5.63. The van der Waals surface area contributed by atoms with E-state index in [-0.39, 0.29) is 24.5 Å². The number of ether oxygens (including phenoxy) is 4. The van der Waals surface area contributed by atoms with Crippen LogP contribution < -0.4 is 15.0 Å². The third-order valence-electron chi connectivity index (χ3n) is 6.70. The number of rotatable bonds is 11. The van der Waals surface area contributed by atoms with Crippen molar-refractivity contribution < 1.29 is 28.5 Å². The largest absolute Gasteiger partial charge is 0.493 e. The highest BCUT2D eigenvalue weighted by Gasteiger charge is 2.30. The van der Waals surface area contributed by atoms with E-state index in [9.17, 15) is 14.4 Å². The molecule has 0 bridgehead atoms. The van der Waals surface area contributed by atoms with Gasteiger partial charge in [-0.2, -0.15) is 0 Å². The Morgan fingerprint density at radius 2 is 1.73 bits per heavy atom. The summed E-state index contributed by atoms with van der Waals surface area (Å²) in [4.78, 5) is 44.1. The lowest BCUT2D eigenvalue weighted by atomic mass is 9.92. The maximum Gasteiger partial charge on any atom is 0.310 e. The molecule has 0 saturated heterocycles. The number of carbonyl (C=O) groups is 2. The lowest BCUT2D eigenvalue weighted by Gasteiger charge is -2.24. The molecular weight excluding hydrogens is 604 g/mol. The first-order valence-corrected chi connectivity index (χ1v) is 15.5. The highest BCUT2D eigenvalue weighted by molar-refractivity contribution is 7.22. The number of nitrogens with zero attached hydrogens (tertiary/aromatic N) is 2. The Balaban J connectivity index is 1.45. The van der Waals surface area contributed by atoms with Crippen molar-refractivity contribution in [2.24, 2.45) is 11.8 Å². The van der Waals surface area contributed by atoms with E-state index < -0.39 is 29.6 Å². The van der Waals surface area contributed by atoms with Crippen LogP contribution >= 0.6 is 22.9 Å². The summed E-state index contributed by atoms with van der Waals surface area (Å²) in [6.07, 6.45) is 0.821. The van der Waals surface area contributed by atoms with Gasteiger partial charge in [-0.25, -0.2) is 4.98 Å². The Kier molecular flexibility index (Phi) is 10.4. The molecule has 234 valence electrons. The summed E-state index contributed by atoms with van der Waals surface area (Å²) in [7, 11) is 1.50. The van der Waals surface area contributed by atoms with E-state index in [1.54, 1.807) is 45.9 Å². The van der Waals surface area contributed by atoms with Gasteiger partial charge in [-0.3, -0.25) is 19.0 Å². The van der Waals surface area contributed by atoms with Crippen LogP contribution in [0.4, 0.5) is 0 Å².